The number of nitrogen functional groups attached to an aromatic ring is 1. The predicted molar refractivity (Wildman–Crippen MR) is 80.2 cm³/mol. The van der Waals surface area contributed by atoms with Gasteiger partial charge in [-0.15, -0.1) is 0 Å². The van der Waals surface area contributed by atoms with Gasteiger partial charge in [-0.3, -0.25) is 14.3 Å². The molecule has 0 aliphatic rings. The molecule has 1 unspecified atom stereocenters. The second-order valence-corrected chi connectivity index (χ2v) is 5.23. The second-order valence-electron chi connectivity index (χ2n) is 5.23. The molecule has 0 amide bonds. The highest BCUT2D eigenvalue weighted by Gasteiger charge is 2.15. The van der Waals surface area contributed by atoms with Gasteiger partial charge in [0, 0.05) is 19.2 Å². The van der Waals surface area contributed by atoms with E-state index in [0.717, 1.165) is 0 Å². The minimum absolute atomic E-state index is 0.0802. The van der Waals surface area contributed by atoms with Gasteiger partial charge in [-0.1, -0.05) is 13.8 Å². The molecule has 1 aromatic rings. The molecule has 0 aliphatic heterocycles. The van der Waals surface area contributed by atoms with E-state index in [2.05, 4.69) is 10.3 Å². The molecule has 7 nitrogen and oxygen atoms in total. The van der Waals surface area contributed by atoms with Crippen molar-refractivity contribution in [3.8, 4) is 0 Å². The minimum Gasteiger partial charge on any atom is -0.383 e. The molecule has 0 saturated heterocycles. The lowest BCUT2D eigenvalue weighted by Crippen LogP contribution is -2.37. The van der Waals surface area contributed by atoms with E-state index in [1.807, 2.05) is 27.7 Å². The molecule has 0 bridgehead atoms. The molecule has 20 heavy (non-hydrogen) atoms. The van der Waals surface area contributed by atoms with Gasteiger partial charge in [-0.2, -0.15) is 0 Å². The van der Waals surface area contributed by atoms with Gasteiger partial charge in [0.2, 0.25) is 0 Å². The Hall–Kier alpha value is -1.76. The van der Waals surface area contributed by atoms with E-state index in [-0.39, 0.29) is 23.5 Å². The van der Waals surface area contributed by atoms with Crippen molar-refractivity contribution in [2.75, 3.05) is 24.3 Å². The van der Waals surface area contributed by atoms with E-state index in [1.54, 1.807) is 0 Å². The van der Waals surface area contributed by atoms with Crippen LogP contribution >= 0.6 is 0 Å². The van der Waals surface area contributed by atoms with E-state index in [9.17, 15) is 9.59 Å². The van der Waals surface area contributed by atoms with Gasteiger partial charge in [0.05, 0.1) is 6.61 Å². The van der Waals surface area contributed by atoms with E-state index >= 15 is 0 Å². The van der Waals surface area contributed by atoms with Gasteiger partial charge < -0.3 is 15.8 Å². The van der Waals surface area contributed by atoms with Crippen LogP contribution in [-0.4, -0.2) is 28.8 Å². The van der Waals surface area contributed by atoms with Gasteiger partial charge >= 0.3 is 5.69 Å². The molecule has 1 aromatic heterocycles. The van der Waals surface area contributed by atoms with Crippen molar-refractivity contribution < 1.29 is 4.74 Å². The number of anilines is 2. The largest absolute Gasteiger partial charge is 0.383 e. The third-order valence-electron chi connectivity index (χ3n) is 2.75. The van der Waals surface area contributed by atoms with Crippen molar-refractivity contribution in [2.24, 2.45) is 5.92 Å². The summed E-state index contributed by atoms with van der Waals surface area (Å²) in [6, 6.07) is -0.0802. The minimum atomic E-state index is -0.504. The fourth-order valence-corrected chi connectivity index (χ4v) is 1.86. The van der Waals surface area contributed by atoms with Gasteiger partial charge in [0.25, 0.3) is 5.56 Å². The van der Waals surface area contributed by atoms with E-state index < -0.39 is 11.2 Å². The van der Waals surface area contributed by atoms with Gasteiger partial charge in [-0.25, -0.2) is 4.79 Å². The maximum Gasteiger partial charge on any atom is 0.330 e. The number of hydrogen-bond donors (Lipinski definition) is 3. The number of nitrogens with two attached hydrogens (primary N) is 1. The summed E-state index contributed by atoms with van der Waals surface area (Å²) in [5.41, 5.74) is 5.18. The summed E-state index contributed by atoms with van der Waals surface area (Å²) < 4.78 is 6.66. The van der Waals surface area contributed by atoms with Crippen LogP contribution in [0.25, 0.3) is 0 Å². The summed E-state index contributed by atoms with van der Waals surface area (Å²) in [6.45, 7) is 9.24. The summed E-state index contributed by atoms with van der Waals surface area (Å²) in [5.74, 6) is 0.408. The molecule has 1 atom stereocenters. The van der Waals surface area contributed by atoms with Crippen LogP contribution in [0, 0.1) is 5.92 Å². The molecule has 7 heteroatoms. The lowest BCUT2D eigenvalue weighted by molar-refractivity contribution is 0.141. The number of ether oxygens (including phenoxy) is 1. The summed E-state index contributed by atoms with van der Waals surface area (Å²) in [6.07, 6.45) is 0. The average molecular weight is 284 g/mol. The van der Waals surface area contributed by atoms with Gasteiger partial charge in [0.15, 0.2) is 0 Å². The maximum absolute atomic E-state index is 11.9. The van der Waals surface area contributed by atoms with Crippen molar-refractivity contribution in [2.45, 2.75) is 40.3 Å². The maximum atomic E-state index is 11.9. The van der Waals surface area contributed by atoms with Crippen LogP contribution in [0.2, 0.25) is 0 Å². The molecule has 0 spiro atoms. The van der Waals surface area contributed by atoms with Crippen molar-refractivity contribution in [3.63, 3.8) is 0 Å². The molecule has 1 heterocycles. The highest BCUT2D eigenvalue weighted by molar-refractivity contribution is 5.60. The molecular weight excluding hydrogens is 260 g/mol. The Bertz CT molecular complexity index is 548. The Labute approximate surface area is 118 Å². The zero-order valence-electron chi connectivity index (χ0n) is 12.5. The number of nitrogens with one attached hydrogen (secondary N) is 2. The number of aromatic nitrogens is 2. The summed E-state index contributed by atoms with van der Waals surface area (Å²) in [4.78, 5) is 25.9. The van der Waals surface area contributed by atoms with Gasteiger partial charge in [0.1, 0.15) is 11.5 Å². The second kappa shape index (κ2) is 7.14. The SMILES string of the molecule is CCOCC(C)Nc1c(N)n(CC(C)C)c(=O)[nH]c1=O. The van der Waals surface area contributed by atoms with Crippen molar-refractivity contribution in [3.05, 3.63) is 20.8 Å². The van der Waals surface area contributed by atoms with E-state index in [4.69, 9.17) is 10.5 Å². The van der Waals surface area contributed by atoms with E-state index in [1.165, 1.54) is 4.57 Å². The first kappa shape index (κ1) is 16.3. The Morgan fingerprint density at radius 3 is 2.55 bits per heavy atom. The van der Waals surface area contributed by atoms with Crippen LogP contribution in [0.3, 0.4) is 0 Å². The number of H-pyrrole nitrogens is 1. The Morgan fingerprint density at radius 2 is 2.00 bits per heavy atom. The molecule has 0 aliphatic carbocycles. The first-order valence-electron chi connectivity index (χ1n) is 6.83. The highest BCUT2D eigenvalue weighted by Crippen LogP contribution is 2.13. The molecule has 114 valence electrons. The molecule has 0 fully saturated rings. The Balaban J connectivity index is 3.07. The van der Waals surface area contributed by atoms with Crippen LogP contribution in [0.1, 0.15) is 27.7 Å². The fraction of sp³-hybridized carbons (Fsp3) is 0.692. The smallest absolute Gasteiger partial charge is 0.330 e. The molecule has 0 aromatic carbocycles. The highest BCUT2D eigenvalue weighted by atomic mass is 16.5. The summed E-state index contributed by atoms with van der Waals surface area (Å²) in [5, 5.41) is 3.00. The quantitative estimate of drug-likeness (QED) is 0.681. The monoisotopic (exact) mass is 284 g/mol. The predicted octanol–water partition coefficient (Wildman–Crippen LogP) is 0.612. The van der Waals surface area contributed by atoms with Crippen molar-refractivity contribution in [1.29, 1.82) is 0 Å². The zero-order chi connectivity index (χ0) is 15.3. The number of rotatable bonds is 7. The third kappa shape index (κ3) is 4.12. The first-order chi connectivity index (χ1) is 9.36. The molecular formula is C13H24N4O3. The van der Waals surface area contributed by atoms with Crippen LogP contribution in [-0.2, 0) is 11.3 Å². The summed E-state index contributed by atoms with van der Waals surface area (Å²) >= 11 is 0. The van der Waals surface area contributed by atoms with Crippen LogP contribution < -0.4 is 22.3 Å². The first-order valence-corrected chi connectivity index (χ1v) is 6.83. The third-order valence-corrected chi connectivity index (χ3v) is 2.75. The lowest BCUT2D eigenvalue weighted by atomic mass is 10.2. The van der Waals surface area contributed by atoms with E-state index in [0.29, 0.717) is 19.8 Å². The number of aromatic amines is 1. The fourth-order valence-electron chi connectivity index (χ4n) is 1.86. The summed E-state index contributed by atoms with van der Waals surface area (Å²) in [7, 11) is 0. The van der Waals surface area contributed by atoms with Crippen molar-refractivity contribution >= 4 is 11.5 Å². The van der Waals surface area contributed by atoms with Crippen LogP contribution in [0.5, 0.6) is 0 Å². The molecule has 1 rings (SSSR count). The molecule has 0 radical (unpaired) electrons. The lowest BCUT2D eigenvalue weighted by Gasteiger charge is -2.18. The molecule has 0 saturated carbocycles. The van der Waals surface area contributed by atoms with Crippen molar-refractivity contribution in [1.82, 2.24) is 9.55 Å². The zero-order valence-corrected chi connectivity index (χ0v) is 12.5. The topological polar surface area (TPSA) is 102 Å². The number of hydrogen-bond acceptors (Lipinski definition) is 5. The van der Waals surface area contributed by atoms with Crippen LogP contribution in [0.4, 0.5) is 11.5 Å². The molecule has 4 N–H and O–H groups in total. The Morgan fingerprint density at radius 1 is 1.35 bits per heavy atom. The number of nitrogens with zero attached hydrogens (tertiary/aromatic N) is 1. The normalized spacial score (nSPS) is 12.7. The average Bonchev–Trinajstić information content (AvgIpc) is 2.37. The Kier molecular flexibility index (Phi) is 5.82. The van der Waals surface area contributed by atoms with Crippen LogP contribution in [0.15, 0.2) is 9.59 Å². The standard InChI is InChI=1S/C13H24N4O3/c1-5-20-7-9(4)15-10-11(14)17(6-8(2)3)13(19)16-12(10)18/h8-9,15H,5-7,14H2,1-4H3,(H,16,18,19). The van der Waals surface area contributed by atoms with Gasteiger partial charge in [-0.05, 0) is 19.8 Å².